The van der Waals surface area contributed by atoms with Gasteiger partial charge in [0, 0.05) is 19.8 Å². The van der Waals surface area contributed by atoms with E-state index in [1.54, 1.807) is 0 Å². The van der Waals surface area contributed by atoms with E-state index in [1.165, 1.54) is 6.33 Å². The SMILES string of the molecule is O=c1[nH]cnc(NCC2CCOCC2)c1Cl. The van der Waals surface area contributed by atoms with Crippen LogP contribution in [-0.2, 0) is 4.74 Å². The smallest absolute Gasteiger partial charge is 0.271 e. The van der Waals surface area contributed by atoms with Crippen molar-refractivity contribution >= 4 is 17.4 Å². The Balaban J connectivity index is 1.93. The van der Waals surface area contributed by atoms with Gasteiger partial charge in [-0.25, -0.2) is 4.98 Å². The highest BCUT2D eigenvalue weighted by Gasteiger charge is 2.14. The highest BCUT2D eigenvalue weighted by molar-refractivity contribution is 6.32. The van der Waals surface area contributed by atoms with Crippen LogP contribution in [0.3, 0.4) is 0 Å². The molecular formula is C10H14ClN3O2. The highest BCUT2D eigenvalue weighted by Crippen LogP contribution is 2.17. The lowest BCUT2D eigenvalue weighted by Gasteiger charge is -2.22. The molecule has 1 saturated heterocycles. The van der Waals surface area contributed by atoms with Gasteiger partial charge in [-0.1, -0.05) is 11.6 Å². The summed E-state index contributed by atoms with van der Waals surface area (Å²) in [5.74, 6) is 1.02. The average molecular weight is 244 g/mol. The van der Waals surface area contributed by atoms with E-state index in [0.29, 0.717) is 11.7 Å². The van der Waals surface area contributed by atoms with E-state index in [0.717, 1.165) is 32.6 Å². The maximum Gasteiger partial charge on any atom is 0.271 e. The number of ether oxygens (including phenoxy) is 1. The maximum absolute atomic E-state index is 11.2. The molecule has 16 heavy (non-hydrogen) atoms. The van der Waals surface area contributed by atoms with Crippen molar-refractivity contribution < 1.29 is 4.74 Å². The van der Waals surface area contributed by atoms with Gasteiger partial charge < -0.3 is 15.0 Å². The first-order valence-corrected chi connectivity index (χ1v) is 5.70. The second-order valence-corrected chi connectivity index (χ2v) is 4.21. The fourth-order valence-corrected chi connectivity index (χ4v) is 1.87. The quantitative estimate of drug-likeness (QED) is 0.839. The minimum absolute atomic E-state index is 0.120. The van der Waals surface area contributed by atoms with E-state index in [9.17, 15) is 4.79 Å². The molecule has 0 atom stereocenters. The molecule has 1 aliphatic heterocycles. The summed E-state index contributed by atoms with van der Waals surface area (Å²) in [6, 6.07) is 0. The molecular weight excluding hydrogens is 230 g/mol. The van der Waals surface area contributed by atoms with Crippen molar-refractivity contribution in [2.45, 2.75) is 12.8 Å². The fourth-order valence-electron chi connectivity index (χ4n) is 1.70. The Morgan fingerprint density at radius 2 is 2.31 bits per heavy atom. The van der Waals surface area contributed by atoms with Crippen LogP contribution in [0.2, 0.25) is 5.02 Å². The molecule has 0 unspecified atom stereocenters. The normalized spacial score (nSPS) is 17.3. The molecule has 0 spiro atoms. The summed E-state index contributed by atoms with van der Waals surface area (Å²) < 4.78 is 5.27. The lowest BCUT2D eigenvalue weighted by Crippen LogP contribution is -2.23. The molecule has 6 heteroatoms. The number of hydrogen-bond acceptors (Lipinski definition) is 4. The van der Waals surface area contributed by atoms with Gasteiger partial charge in [0.05, 0.1) is 6.33 Å². The number of nitrogens with zero attached hydrogens (tertiary/aromatic N) is 1. The number of anilines is 1. The van der Waals surface area contributed by atoms with Gasteiger partial charge in [-0.2, -0.15) is 0 Å². The lowest BCUT2D eigenvalue weighted by atomic mass is 10.0. The molecule has 0 radical (unpaired) electrons. The van der Waals surface area contributed by atoms with Crippen LogP contribution in [-0.4, -0.2) is 29.7 Å². The minimum atomic E-state index is -0.314. The summed E-state index contributed by atoms with van der Waals surface area (Å²) >= 11 is 5.82. The molecule has 0 bridgehead atoms. The molecule has 2 heterocycles. The predicted molar refractivity (Wildman–Crippen MR) is 61.9 cm³/mol. The van der Waals surface area contributed by atoms with Crippen LogP contribution in [0.15, 0.2) is 11.1 Å². The van der Waals surface area contributed by atoms with E-state index in [4.69, 9.17) is 16.3 Å². The summed E-state index contributed by atoms with van der Waals surface area (Å²) in [5.41, 5.74) is -0.314. The number of aromatic amines is 1. The fraction of sp³-hybridized carbons (Fsp3) is 0.600. The zero-order valence-electron chi connectivity index (χ0n) is 8.83. The highest BCUT2D eigenvalue weighted by atomic mass is 35.5. The monoisotopic (exact) mass is 243 g/mol. The van der Waals surface area contributed by atoms with E-state index >= 15 is 0 Å². The summed E-state index contributed by atoms with van der Waals surface area (Å²) in [5, 5.41) is 3.22. The van der Waals surface area contributed by atoms with Crippen molar-refractivity contribution in [1.82, 2.24) is 9.97 Å². The van der Waals surface area contributed by atoms with Crippen LogP contribution in [0.25, 0.3) is 0 Å². The molecule has 1 aromatic heterocycles. The van der Waals surface area contributed by atoms with E-state index in [2.05, 4.69) is 15.3 Å². The number of rotatable bonds is 3. The molecule has 0 amide bonds. The molecule has 5 nitrogen and oxygen atoms in total. The molecule has 0 aromatic carbocycles. The topological polar surface area (TPSA) is 67.0 Å². The third-order valence-electron chi connectivity index (χ3n) is 2.70. The Kier molecular flexibility index (Phi) is 3.79. The number of nitrogens with one attached hydrogen (secondary N) is 2. The van der Waals surface area contributed by atoms with Gasteiger partial charge in [0.15, 0.2) is 5.82 Å². The van der Waals surface area contributed by atoms with Crippen LogP contribution in [0.1, 0.15) is 12.8 Å². The number of H-pyrrole nitrogens is 1. The van der Waals surface area contributed by atoms with Gasteiger partial charge in [0.25, 0.3) is 5.56 Å². The van der Waals surface area contributed by atoms with E-state index in [-0.39, 0.29) is 10.6 Å². The second-order valence-electron chi connectivity index (χ2n) is 3.83. The predicted octanol–water partition coefficient (Wildman–Crippen LogP) is 1.26. The Bertz CT molecular complexity index is 401. The maximum atomic E-state index is 11.2. The van der Waals surface area contributed by atoms with E-state index in [1.807, 2.05) is 0 Å². The molecule has 88 valence electrons. The Hall–Kier alpha value is -1.07. The third kappa shape index (κ3) is 2.74. The van der Waals surface area contributed by atoms with Gasteiger partial charge in [-0.05, 0) is 18.8 Å². The van der Waals surface area contributed by atoms with Gasteiger partial charge >= 0.3 is 0 Å². The Labute approximate surface area is 98.2 Å². The Morgan fingerprint density at radius 3 is 3.06 bits per heavy atom. The number of aromatic nitrogens is 2. The average Bonchev–Trinajstić information content (AvgIpc) is 2.32. The standard InChI is InChI=1S/C10H14ClN3O2/c11-8-9(13-6-14-10(8)15)12-5-7-1-3-16-4-2-7/h6-7H,1-5H2,(H2,12,13,14,15). The summed E-state index contributed by atoms with van der Waals surface area (Å²) in [6.45, 7) is 2.39. The number of hydrogen-bond donors (Lipinski definition) is 2. The molecule has 0 aliphatic carbocycles. The first-order chi connectivity index (χ1) is 7.77. The van der Waals surface area contributed by atoms with Crippen LogP contribution in [0, 0.1) is 5.92 Å². The van der Waals surface area contributed by atoms with Crippen LogP contribution < -0.4 is 10.9 Å². The lowest BCUT2D eigenvalue weighted by molar-refractivity contribution is 0.0699. The third-order valence-corrected chi connectivity index (χ3v) is 3.05. The van der Waals surface area contributed by atoms with E-state index < -0.39 is 0 Å². The van der Waals surface area contributed by atoms with Crippen LogP contribution in [0.4, 0.5) is 5.82 Å². The largest absolute Gasteiger partial charge is 0.381 e. The molecule has 1 aromatic rings. The van der Waals surface area contributed by atoms with Crippen molar-refractivity contribution in [2.24, 2.45) is 5.92 Å². The molecule has 1 fully saturated rings. The van der Waals surface area contributed by atoms with Crippen molar-refractivity contribution in [3.63, 3.8) is 0 Å². The summed E-state index contributed by atoms with van der Waals surface area (Å²) in [7, 11) is 0. The van der Waals surface area contributed by atoms with Gasteiger partial charge in [0.1, 0.15) is 5.02 Å². The molecule has 1 aliphatic rings. The van der Waals surface area contributed by atoms with Crippen molar-refractivity contribution in [3.05, 3.63) is 21.7 Å². The summed E-state index contributed by atoms with van der Waals surface area (Å²) in [4.78, 5) is 17.6. The van der Waals surface area contributed by atoms with Crippen LogP contribution in [0.5, 0.6) is 0 Å². The molecule has 2 N–H and O–H groups in total. The zero-order valence-corrected chi connectivity index (χ0v) is 9.59. The van der Waals surface area contributed by atoms with Crippen molar-refractivity contribution in [1.29, 1.82) is 0 Å². The van der Waals surface area contributed by atoms with Gasteiger partial charge in [-0.3, -0.25) is 4.79 Å². The van der Waals surface area contributed by atoms with Gasteiger partial charge in [0.2, 0.25) is 0 Å². The first kappa shape index (κ1) is 11.4. The minimum Gasteiger partial charge on any atom is -0.381 e. The second kappa shape index (κ2) is 5.32. The molecule has 0 saturated carbocycles. The van der Waals surface area contributed by atoms with Crippen molar-refractivity contribution in [2.75, 3.05) is 25.1 Å². The number of halogens is 1. The summed E-state index contributed by atoms with van der Waals surface area (Å²) in [6.07, 6.45) is 3.42. The van der Waals surface area contributed by atoms with Crippen molar-refractivity contribution in [3.8, 4) is 0 Å². The Morgan fingerprint density at radius 1 is 1.56 bits per heavy atom. The van der Waals surface area contributed by atoms with Gasteiger partial charge in [-0.15, -0.1) is 0 Å². The van der Waals surface area contributed by atoms with Crippen LogP contribution >= 0.6 is 11.6 Å². The molecule has 2 rings (SSSR count). The first-order valence-electron chi connectivity index (χ1n) is 5.32. The zero-order chi connectivity index (χ0) is 11.4.